The normalized spacial score (nSPS) is 11.4. The number of fused-ring (bicyclic) bond motifs is 1. The Labute approximate surface area is 185 Å². The molecule has 4 aromatic rings. The Balaban J connectivity index is 1.54. The number of rotatable bonds is 7. The fraction of sp³-hybridized carbons (Fsp3) is 0.130. The molecule has 158 valence electrons. The zero-order valence-corrected chi connectivity index (χ0v) is 18.5. The first-order chi connectivity index (χ1) is 15.0. The van der Waals surface area contributed by atoms with E-state index in [1.54, 1.807) is 30.3 Å². The number of hydrogen-bond acceptors (Lipinski definition) is 5. The molecule has 0 fully saturated rings. The summed E-state index contributed by atoms with van der Waals surface area (Å²) in [7, 11) is -3.77. The van der Waals surface area contributed by atoms with Gasteiger partial charge in [-0.25, -0.2) is 13.4 Å². The molecule has 0 bridgehead atoms. The molecule has 6 nitrogen and oxygen atoms in total. The van der Waals surface area contributed by atoms with Gasteiger partial charge in [0.2, 0.25) is 0 Å². The van der Waals surface area contributed by atoms with E-state index < -0.39 is 10.0 Å². The molecule has 0 saturated carbocycles. The van der Waals surface area contributed by atoms with Gasteiger partial charge in [0, 0.05) is 16.6 Å². The lowest BCUT2D eigenvalue weighted by atomic mass is 10.1. The van der Waals surface area contributed by atoms with Gasteiger partial charge < -0.3 is 5.32 Å². The number of aryl methyl sites for hydroxylation is 1. The summed E-state index contributed by atoms with van der Waals surface area (Å²) in [5, 5.41) is 4.00. The van der Waals surface area contributed by atoms with Crippen LogP contribution < -0.4 is 10.0 Å². The van der Waals surface area contributed by atoms with E-state index in [9.17, 15) is 13.2 Å². The highest BCUT2D eigenvalue weighted by molar-refractivity contribution is 7.92. The maximum absolute atomic E-state index is 13.0. The third-order valence-electron chi connectivity index (χ3n) is 4.73. The molecule has 1 amide bonds. The SMILES string of the molecule is CCCc1c(C(=O)Nc2ccc(S(=O)(=O)Nc3ccccn3)cc2)sc2ccccc12. The first kappa shape index (κ1) is 21.0. The summed E-state index contributed by atoms with van der Waals surface area (Å²) in [6, 6.07) is 19.1. The molecule has 0 atom stereocenters. The molecule has 0 aliphatic rings. The zero-order chi connectivity index (χ0) is 21.8. The highest BCUT2D eigenvalue weighted by atomic mass is 32.2. The summed E-state index contributed by atoms with van der Waals surface area (Å²) in [6.45, 7) is 2.09. The molecule has 4 rings (SSSR count). The third-order valence-corrected chi connectivity index (χ3v) is 7.31. The quantitative estimate of drug-likeness (QED) is 0.399. The lowest BCUT2D eigenvalue weighted by Crippen LogP contribution is -2.15. The number of amides is 1. The zero-order valence-electron chi connectivity index (χ0n) is 16.8. The number of hydrogen-bond donors (Lipinski definition) is 2. The van der Waals surface area contributed by atoms with E-state index >= 15 is 0 Å². The average molecular weight is 452 g/mol. The Morgan fingerprint density at radius 3 is 2.45 bits per heavy atom. The topological polar surface area (TPSA) is 88.2 Å². The van der Waals surface area contributed by atoms with Crippen molar-refractivity contribution in [1.82, 2.24) is 4.98 Å². The maximum Gasteiger partial charge on any atom is 0.266 e. The largest absolute Gasteiger partial charge is 0.321 e. The smallest absolute Gasteiger partial charge is 0.266 e. The number of carbonyl (C=O) groups excluding carboxylic acids is 1. The Morgan fingerprint density at radius 2 is 1.74 bits per heavy atom. The van der Waals surface area contributed by atoms with Crippen LogP contribution >= 0.6 is 11.3 Å². The second-order valence-electron chi connectivity index (χ2n) is 6.95. The van der Waals surface area contributed by atoms with Gasteiger partial charge in [-0.2, -0.15) is 0 Å². The van der Waals surface area contributed by atoms with Gasteiger partial charge in [0.1, 0.15) is 5.82 Å². The van der Waals surface area contributed by atoms with Crippen molar-refractivity contribution in [2.45, 2.75) is 24.7 Å². The van der Waals surface area contributed by atoms with Crippen LogP contribution in [0.1, 0.15) is 28.6 Å². The standard InChI is InChI=1S/C23H21N3O3S2/c1-2-7-19-18-8-3-4-9-20(18)30-22(19)23(27)25-16-11-13-17(14-12-16)31(28,29)26-21-10-5-6-15-24-21/h3-6,8-15H,2,7H2,1H3,(H,24,26)(H,25,27). The molecule has 2 N–H and O–H groups in total. The fourth-order valence-electron chi connectivity index (χ4n) is 3.31. The van der Waals surface area contributed by atoms with Crippen LogP contribution in [0.15, 0.2) is 77.8 Å². The van der Waals surface area contributed by atoms with Crippen molar-refractivity contribution in [3.8, 4) is 0 Å². The number of thiophene rings is 1. The van der Waals surface area contributed by atoms with Crippen LogP contribution in [-0.2, 0) is 16.4 Å². The van der Waals surface area contributed by atoms with Gasteiger partial charge in [0.05, 0.1) is 9.77 Å². The molecule has 0 unspecified atom stereocenters. The van der Waals surface area contributed by atoms with Crippen LogP contribution in [0.4, 0.5) is 11.5 Å². The summed E-state index contributed by atoms with van der Waals surface area (Å²) < 4.78 is 28.6. The number of anilines is 2. The molecule has 0 aliphatic carbocycles. The first-order valence-electron chi connectivity index (χ1n) is 9.83. The van der Waals surface area contributed by atoms with Crippen LogP contribution in [0.25, 0.3) is 10.1 Å². The Morgan fingerprint density at radius 1 is 1.00 bits per heavy atom. The van der Waals surface area contributed by atoms with Gasteiger partial charge in [-0.15, -0.1) is 11.3 Å². The Kier molecular flexibility index (Phi) is 6.01. The monoisotopic (exact) mass is 451 g/mol. The minimum Gasteiger partial charge on any atom is -0.321 e. The van der Waals surface area contributed by atoms with E-state index in [0.29, 0.717) is 10.6 Å². The number of benzene rings is 2. The minimum atomic E-state index is -3.77. The summed E-state index contributed by atoms with van der Waals surface area (Å²) in [4.78, 5) is 17.7. The molecule has 2 heterocycles. The first-order valence-corrected chi connectivity index (χ1v) is 12.1. The van der Waals surface area contributed by atoms with Crippen molar-refractivity contribution in [3.63, 3.8) is 0 Å². The third kappa shape index (κ3) is 4.60. The van der Waals surface area contributed by atoms with Crippen LogP contribution in [0, 0.1) is 0 Å². The Hall–Kier alpha value is -3.23. The minimum absolute atomic E-state index is 0.0877. The number of pyridine rings is 1. The van der Waals surface area contributed by atoms with E-state index in [1.165, 1.54) is 29.7 Å². The van der Waals surface area contributed by atoms with E-state index in [-0.39, 0.29) is 16.6 Å². The molecule has 0 saturated heterocycles. The lowest BCUT2D eigenvalue weighted by molar-refractivity contribution is 0.103. The summed E-state index contributed by atoms with van der Waals surface area (Å²) in [6.07, 6.45) is 3.28. The number of carbonyl (C=O) groups is 1. The summed E-state index contributed by atoms with van der Waals surface area (Å²) >= 11 is 1.47. The van der Waals surface area contributed by atoms with E-state index in [1.807, 2.05) is 24.3 Å². The molecule has 31 heavy (non-hydrogen) atoms. The van der Waals surface area contributed by atoms with Crippen molar-refractivity contribution in [2.24, 2.45) is 0 Å². The van der Waals surface area contributed by atoms with Crippen LogP contribution in [-0.4, -0.2) is 19.3 Å². The van der Waals surface area contributed by atoms with E-state index in [2.05, 4.69) is 21.9 Å². The fourth-order valence-corrected chi connectivity index (χ4v) is 5.46. The highest BCUT2D eigenvalue weighted by Gasteiger charge is 2.19. The van der Waals surface area contributed by atoms with Gasteiger partial charge in [0.15, 0.2) is 0 Å². The van der Waals surface area contributed by atoms with Crippen molar-refractivity contribution in [3.05, 3.63) is 83.4 Å². The van der Waals surface area contributed by atoms with Crippen LogP contribution in [0.3, 0.4) is 0 Å². The van der Waals surface area contributed by atoms with Gasteiger partial charge in [-0.1, -0.05) is 37.6 Å². The molecular formula is C23H21N3O3S2. The van der Waals surface area contributed by atoms with Crippen LogP contribution in [0.5, 0.6) is 0 Å². The molecular weight excluding hydrogens is 430 g/mol. The average Bonchev–Trinajstić information content (AvgIpc) is 3.14. The molecule has 0 spiro atoms. The highest BCUT2D eigenvalue weighted by Crippen LogP contribution is 2.33. The predicted molar refractivity (Wildman–Crippen MR) is 125 cm³/mol. The Bertz CT molecular complexity index is 1320. The maximum atomic E-state index is 13.0. The van der Waals surface area contributed by atoms with Crippen LogP contribution in [0.2, 0.25) is 0 Å². The molecule has 0 aliphatic heterocycles. The lowest BCUT2D eigenvalue weighted by Gasteiger charge is -2.09. The molecule has 2 aromatic carbocycles. The molecule has 0 radical (unpaired) electrons. The van der Waals surface area contributed by atoms with Gasteiger partial charge in [-0.3, -0.25) is 9.52 Å². The number of sulfonamides is 1. The summed E-state index contributed by atoms with van der Waals surface area (Å²) in [5.74, 6) is 0.0555. The number of nitrogens with one attached hydrogen (secondary N) is 2. The van der Waals surface area contributed by atoms with Gasteiger partial charge in [-0.05, 0) is 59.8 Å². The second-order valence-corrected chi connectivity index (χ2v) is 9.69. The predicted octanol–water partition coefficient (Wildman–Crippen LogP) is 5.30. The number of aromatic nitrogens is 1. The van der Waals surface area contributed by atoms with Gasteiger partial charge >= 0.3 is 0 Å². The van der Waals surface area contributed by atoms with Crippen molar-refractivity contribution in [2.75, 3.05) is 10.0 Å². The molecule has 8 heteroatoms. The summed E-state index contributed by atoms with van der Waals surface area (Å²) in [5.41, 5.74) is 1.58. The van der Waals surface area contributed by atoms with Crippen molar-refractivity contribution >= 4 is 48.9 Å². The number of nitrogens with zero attached hydrogens (tertiary/aromatic N) is 1. The van der Waals surface area contributed by atoms with E-state index in [0.717, 1.165) is 28.5 Å². The van der Waals surface area contributed by atoms with Gasteiger partial charge in [0.25, 0.3) is 15.9 Å². The second kappa shape index (κ2) is 8.87. The van der Waals surface area contributed by atoms with Crippen molar-refractivity contribution < 1.29 is 13.2 Å². The van der Waals surface area contributed by atoms with Crippen molar-refractivity contribution in [1.29, 1.82) is 0 Å². The molecule has 2 aromatic heterocycles. The van der Waals surface area contributed by atoms with E-state index in [4.69, 9.17) is 0 Å².